The summed E-state index contributed by atoms with van der Waals surface area (Å²) in [4.78, 5) is 10.9. The number of esters is 1. The first-order valence-corrected chi connectivity index (χ1v) is 3.83. The average molecular weight is 141 g/mol. The molecule has 0 spiro atoms. The minimum atomic E-state index is -0.00986. The Morgan fingerprint density at radius 3 is 2.80 bits per heavy atom. The molecule has 2 heteroatoms. The molecular weight excluding hydrogens is 128 g/mol. The van der Waals surface area contributed by atoms with E-state index in [9.17, 15) is 4.79 Å². The predicted octanol–water partition coefficient (Wildman–Crippen LogP) is 1.55. The molecule has 0 aromatic carbocycles. The molecule has 1 radical (unpaired) electrons. The van der Waals surface area contributed by atoms with Crippen molar-refractivity contribution in [3.05, 3.63) is 6.42 Å². The minimum Gasteiger partial charge on any atom is -0.465 e. The van der Waals surface area contributed by atoms with Gasteiger partial charge in [-0.05, 0) is 25.7 Å². The molecule has 0 heterocycles. The normalized spacial score (nSPS) is 18.1. The van der Waals surface area contributed by atoms with Crippen molar-refractivity contribution in [3.8, 4) is 0 Å². The van der Waals surface area contributed by atoms with Crippen LogP contribution >= 0.6 is 0 Å². The highest BCUT2D eigenvalue weighted by Gasteiger charge is 2.26. The molecule has 1 rings (SSSR count). The fourth-order valence-electron chi connectivity index (χ4n) is 0.846. The molecule has 0 unspecified atom stereocenters. The molecule has 0 aromatic heterocycles. The predicted molar refractivity (Wildman–Crippen MR) is 38.3 cm³/mol. The Balaban J connectivity index is 2.08. The summed E-state index contributed by atoms with van der Waals surface area (Å²) >= 11 is 0. The highest BCUT2D eigenvalue weighted by Crippen LogP contribution is 2.26. The number of rotatable bonds is 3. The molecule has 10 heavy (non-hydrogen) atoms. The lowest BCUT2D eigenvalue weighted by Gasteiger charge is -2.22. The summed E-state index contributed by atoms with van der Waals surface area (Å²) in [5, 5.41) is 0. The summed E-state index contributed by atoms with van der Waals surface area (Å²) in [6.45, 7) is 2.58. The van der Waals surface area contributed by atoms with E-state index in [-0.39, 0.29) is 11.9 Å². The molecule has 1 aliphatic carbocycles. The zero-order valence-corrected chi connectivity index (χ0v) is 6.30. The van der Waals surface area contributed by atoms with Crippen molar-refractivity contribution >= 4 is 5.97 Å². The molecule has 1 saturated carbocycles. The number of carbonyl (C=O) groups excluding carboxylic acids is 1. The van der Waals surface area contributed by atoms with Gasteiger partial charge < -0.3 is 4.74 Å². The van der Waals surface area contributed by atoms with Crippen LogP contribution in [0.5, 0.6) is 0 Å². The van der Waals surface area contributed by atoms with Crippen molar-refractivity contribution < 1.29 is 9.53 Å². The van der Waals surface area contributed by atoms with Crippen molar-refractivity contribution in [2.45, 2.75) is 26.2 Å². The molecular formula is C8H13O2. The number of hydrogen-bond acceptors (Lipinski definition) is 2. The van der Waals surface area contributed by atoms with Crippen LogP contribution in [0, 0.1) is 12.3 Å². The maximum atomic E-state index is 10.9. The molecule has 0 amide bonds. The van der Waals surface area contributed by atoms with E-state index in [1.54, 1.807) is 0 Å². The van der Waals surface area contributed by atoms with Crippen molar-refractivity contribution in [1.29, 1.82) is 0 Å². The standard InChI is InChI=1S/C8H13O2/c1-2-6-10-8(9)7-4-3-5-7/h3,7H,2,4-6H2,1H3. The van der Waals surface area contributed by atoms with E-state index in [0.29, 0.717) is 6.61 Å². The highest BCUT2D eigenvalue weighted by molar-refractivity contribution is 5.73. The van der Waals surface area contributed by atoms with Crippen molar-refractivity contribution in [2.75, 3.05) is 6.61 Å². The first kappa shape index (κ1) is 7.58. The summed E-state index contributed by atoms with van der Waals surface area (Å²) in [6, 6.07) is 0. The van der Waals surface area contributed by atoms with Gasteiger partial charge in [0.05, 0.1) is 12.5 Å². The monoisotopic (exact) mass is 141 g/mol. The maximum Gasteiger partial charge on any atom is 0.308 e. The summed E-state index contributed by atoms with van der Waals surface area (Å²) in [7, 11) is 0. The van der Waals surface area contributed by atoms with Crippen molar-refractivity contribution in [2.24, 2.45) is 5.92 Å². The Morgan fingerprint density at radius 1 is 1.70 bits per heavy atom. The number of carbonyl (C=O) groups is 1. The second-order valence-electron chi connectivity index (χ2n) is 2.62. The van der Waals surface area contributed by atoms with E-state index in [0.717, 1.165) is 19.3 Å². The van der Waals surface area contributed by atoms with Crippen molar-refractivity contribution in [1.82, 2.24) is 0 Å². The minimum absolute atomic E-state index is 0.00986. The Labute approximate surface area is 61.6 Å². The molecule has 1 fully saturated rings. The fraction of sp³-hybridized carbons (Fsp3) is 0.750. The van der Waals surface area contributed by atoms with Crippen LogP contribution in [0.3, 0.4) is 0 Å². The third-order valence-corrected chi connectivity index (χ3v) is 1.68. The smallest absolute Gasteiger partial charge is 0.308 e. The van der Waals surface area contributed by atoms with Gasteiger partial charge in [-0.3, -0.25) is 4.79 Å². The molecule has 2 nitrogen and oxygen atoms in total. The molecule has 57 valence electrons. The van der Waals surface area contributed by atoms with E-state index in [1.807, 2.05) is 6.92 Å². The van der Waals surface area contributed by atoms with E-state index in [1.165, 1.54) is 0 Å². The van der Waals surface area contributed by atoms with Gasteiger partial charge in [-0.1, -0.05) is 6.92 Å². The van der Waals surface area contributed by atoms with Crippen LogP contribution in [-0.2, 0) is 9.53 Å². The van der Waals surface area contributed by atoms with Gasteiger partial charge in [0.1, 0.15) is 0 Å². The zero-order valence-electron chi connectivity index (χ0n) is 6.30. The van der Waals surface area contributed by atoms with Gasteiger partial charge in [0.25, 0.3) is 0 Å². The molecule has 0 aromatic rings. The van der Waals surface area contributed by atoms with Gasteiger partial charge in [0, 0.05) is 0 Å². The average Bonchev–Trinajstić information content (AvgIpc) is 1.79. The Bertz CT molecular complexity index is 116. The van der Waals surface area contributed by atoms with Crippen LogP contribution in [-0.4, -0.2) is 12.6 Å². The lowest BCUT2D eigenvalue weighted by Crippen LogP contribution is -2.24. The first-order chi connectivity index (χ1) is 4.84. The van der Waals surface area contributed by atoms with Gasteiger partial charge >= 0.3 is 5.97 Å². The van der Waals surface area contributed by atoms with E-state index >= 15 is 0 Å². The number of hydrogen-bond donors (Lipinski definition) is 0. The fourth-order valence-corrected chi connectivity index (χ4v) is 0.846. The van der Waals surface area contributed by atoms with Gasteiger partial charge in [-0.15, -0.1) is 0 Å². The van der Waals surface area contributed by atoms with Crippen LogP contribution in [0.2, 0.25) is 0 Å². The summed E-state index contributed by atoms with van der Waals surface area (Å²) in [5.74, 6) is 0.177. The molecule has 0 N–H and O–H groups in total. The molecule has 1 aliphatic rings. The summed E-state index contributed by atoms with van der Waals surface area (Å²) < 4.78 is 4.94. The Kier molecular flexibility index (Phi) is 2.72. The van der Waals surface area contributed by atoms with E-state index in [2.05, 4.69) is 6.42 Å². The topological polar surface area (TPSA) is 26.3 Å². The second-order valence-corrected chi connectivity index (χ2v) is 2.62. The molecule has 0 atom stereocenters. The quantitative estimate of drug-likeness (QED) is 0.557. The Morgan fingerprint density at radius 2 is 2.40 bits per heavy atom. The van der Waals surface area contributed by atoms with E-state index < -0.39 is 0 Å². The van der Waals surface area contributed by atoms with Crippen LogP contribution in [0.25, 0.3) is 0 Å². The van der Waals surface area contributed by atoms with E-state index in [4.69, 9.17) is 4.74 Å². The lowest BCUT2D eigenvalue weighted by molar-refractivity contribution is -0.150. The zero-order chi connectivity index (χ0) is 7.40. The summed E-state index contributed by atoms with van der Waals surface area (Å²) in [6.07, 6.45) is 4.87. The van der Waals surface area contributed by atoms with Crippen LogP contribution in [0.1, 0.15) is 26.2 Å². The molecule has 0 saturated heterocycles. The third kappa shape index (κ3) is 1.72. The Hall–Kier alpha value is -0.530. The second kappa shape index (κ2) is 3.59. The van der Waals surface area contributed by atoms with Gasteiger partial charge in [-0.2, -0.15) is 0 Å². The van der Waals surface area contributed by atoms with Gasteiger partial charge in [0.15, 0.2) is 0 Å². The molecule has 0 bridgehead atoms. The maximum absolute atomic E-state index is 10.9. The largest absolute Gasteiger partial charge is 0.465 e. The molecule has 0 aliphatic heterocycles. The van der Waals surface area contributed by atoms with Crippen LogP contribution in [0.15, 0.2) is 0 Å². The third-order valence-electron chi connectivity index (χ3n) is 1.68. The number of ether oxygens (including phenoxy) is 1. The van der Waals surface area contributed by atoms with Crippen molar-refractivity contribution in [3.63, 3.8) is 0 Å². The van der Waals surface area contributed by atoms with Gasteiger partial charge in [0.2, 0.25) is 0 Å². The summed E-state index contributed by atoms with van der Waals surface area (Å²) in [5.41, 5.74) is 0. The van der Waals surface area contributed by atoms with Gasteiger partial charge in [-0.25, -0.2) is 0 Å². The lowest BCUT2D eigenvalue weighted by atomic mass is 9.86. The van der Waals surface area contributed by atoms with Crippen LogP contribution in [0.4, 0.5) is 0 Å². The SMILES string of the molecule is CCCOC(=O)C1C[CH]C1. The first-order valence-electron chi connectivity index (χ1n) is 3.83. The highest BCUT2D eigenvalue weighted by atomic mass is 16.5. The van der Waals surface area contributed by atoms with Crippen LogP contribution < -0.4 is 0 Å².